The number of para-hydroxylation sites is 1. The third kappa shape index (κ3) is 2.33. The number of carbonyl (C=O) groups is 1. The molecule has 2 rings (SSSR count). The summed E-state index contributed by atoms with van der Waals surface area (Å²) >= 11 is 6.74. The first-order valence-corrected chi connectivity index (χ1v) is 7.11. The molecule has 0 saturated heterocycles. The van der Waals surface area contributed by atoms with Crippen molar-refractivity contribution in [2.75, 3.05) is 0 Å². The van der Waals surface area contributed by atoms with E-state index in [1.807, 2.05) is 30.3 Å². The molecule has 18 heavy (non-hydrogen) atoms. The fourth-order valence-electron chi connectivity index (χ4n) is 1.70. The Hall–Kier alpha value is -1.20. The van der Waals surface area contributed by atoms with E-state index in [0.29, 0.717) is 11.6 Å². The van der Waals surface area contributed by atoms with Crippen LogP contribution in [0.4, 0.5) is 0 Å². The molecule has 2 aromatic rings. The van der Waals surface area contributed by atoms with E-state index in [9.17, 15) is 9.59 Å². The van der Waals surface area contributed by atoms with Crippen LogP contribution in [0.2, 0.25) is 0 Å². The Morgan fingerprint density at radius 2 is 1.89 bits per heavy atom. The second-order valence-corrected chi connectivity index (χ2v) is 5.04. The Kier molecular flexibility index (Phi) is 4.14. The average Bonchev–Trinajstić information content (AvgIpc) is 2.41. The summed E-state index contributed by atoms with van der Waals surface area (Å²) in [4.78, 5) is 23.1. The van der Waals surface area contributed by atoms with Gasteiger partial charge in [-0.1, -0.05) is 34.1 Å². The van der Waals surface area contributed by atoms with Gasteiger partial charge in [0.15, 0.2) is 6.29 Å². The fourth-order valence-corrected chi connectivity index (χ4v) is 3.19. The van der Waals surface area contributed by atoms with E-state index in [-0.39, 0.29) is 11.1 Å². The summed E-state index contributed by atoms with van der Waals surface area (Å²) in [5.74, 6) is 0. The molecule has 5 heteroatoms. The normalized spacial score (nSPS) is 10.3. The van der Waals surface area contributed by atoms with Crippen molar-refractivity contribution in [3.63, 3.8) is 0 Å². The number of benzene rings is 1. The van der Waals surface area contributed by atoms with Crippen molar-refractivity contribution >= 4 is 38.1 Å². The number of halogens is 2. The van der Waals surface area contributed by atoms with Gasteiger partial charge >= 0.3 is 0 Å². The summed E-state index contributed by atoms with van der Waals surface area (Å²) in [5, 5.41) is 0.511. The molecule has 0 aliphatic heterocycles. The molecular weight excluding hydrogens is 362 g/mol. The highest BCUT2D eigenvalue weighted by Gasteiger charge is 2.13. The molecule has 0 spiro atoms. The van der Waals surface area contributed by atoms with E-state index in [4.69, 9.17) is 0 Å². The van der Waals surface area contributed by atoms with Gasteiger partial charge in [0.1, 0.15) is 0 Å². The Bertz CT molecular complexity index is 635. The lowest BCUT2D eigenvalue weighted by atomic mass is 10.2. The van der Waals surface area contributed by atoms with E-state index >= 15 is 0 Å². The van der Waals surface area contributed by atoms with Crippen LogP contribution in [-0.4, -0.2) is 10.9 Å². The maximum absolute atomic E-state index is 12.2. The highest BCUT2D eigenvalue weighted by Crippen LogP contribution is 2.21. The third-order valence-corrected chi connectivity index (χ3v) is 3.76. The summed E-state index contributed by atoms with van der Waals surface area (Å²) in [5.41, 5.74) is 1.34. The lowest BCUT2D eigenvalue weighted by Gasteiger charge is -2.13. The molecule has 0 atom stereocenters. The highest BCUT2D eigenvalue weighted by molar-refractivity contribution is 9.10. The Labute approximate surface area is 121 Å². The van der Waals surface area contributed by atoms with Crippen LogP contribution in [0.1, 0.15) is 16.1 Å². The number of aromatic nitrogens is 1. The zero-order chi connectivity index (χ0) is 13.1. The van der Waals surface area contributed by atoms with Crippen LogP contribution in [0, 0.1) is 0 Å². The van der Waals surface area contributed by atoms with E-state index in [0.717, 1.165) is 15.9 Å². The molecule has 1 aromatic heterocycles. The van der Waals surface area contributed by atoms with Gasteiger partial charge in [0.25, 0.3) is 5.56 Å². The van der Waals surface area contributed by atoms with Crippen LogP contribution in [0.25, 0.3) is 5.69 Å². The number of pyridine rings is 1. The van der Waals surface area contributed by atoms with Gasteiger partial charge in [0.2, 0.25) is 0 Å². The number of aldehydes is 1. The summed E-state index contributed by atoms with van der Waals surface area (Å²) in [6.45, 7) is 0. The Morgan fingerprint density at radius 3 is 2.44 bits per heavy atom. The van der Waals surface area contributed by atoms with Crippen LogP contribution in [0.3, 0.4) is 0 Å². The van der Waals surface area contributed by atoms with E-state index < -0.39 is 0 Å². The van der Waals surface area contributed by atoms with Crippen molar-refractivity contribution in [3.05, 3.63) is 62.5 Å². The smallest absolute Gasteiger partial charge is 0.265 e. The van der Waals surface area contributed by atoms with Gasteiger partial charge in [0.05, 0.1) is 11.3 Å². The van der Waals surface area contributed by atoms with Crippen molar-refractivity contribution in [2.24, 2.45) is 0 Å². The Morgan fingerprint density at radius 1 is 1.22 bits per heavy atom. The molecule has 3 nitrogen and oxygen atoms in total. The largest absolute Gasteiger partial charge is 0.298 e. The summed E-state index contributed by atoms with van der Waals surface area (Å²) in [6, 6.07) is 10.8. The Balaban J connectivity index is 2.83. The van der Waals surface area contributed by atoms with Gasteiger partial charge < -0.3 is 0 Å². The van der Waals surface area contributed by atoms with Crippen LogP contribution >= 0.6 is 31.9 Å². The second kappa shape index (κ2) is 5.63. The standard InChI is InChI=1S/C13H9Br2NO2/c14-7-12-11(15)6-9(8-17)13(18)16(12)10-4-2-1-3-5-10/h1-6,8H,7H2. The van der Waals surface area contributed by atoms with Gasteiger partial charge in [-0.3, -0.25) is 14.2 Å². The number of hydrogen-bond acceptors (Lipinski definition) is 2. The molecule has 0 fully saturated rings. The number of nitrogens with zero attached hydrogens (tertiary/aromatic N) is 1. The number of rotatable bonds is 3. The molecule has 1 heterocycles. The first kappa shape index (κ1) is 13.2. The number of alkyl halides is 1. The van der Waals surface area contributed by atoms with E-state index in [2.05, 4.69) is 31.9 Å². The lowest BCUT2D eigenvalue weighted by molar-refractivity contribution is 0.112. The minimum absolute atomic E-state index is 0.135. The molecule has 1 aromatic carbocycles. The van der Waals surface area contributed by atoms with E-state index in [1.54, 1.807) is 6.07 Å². The van der Waals surface area contributed by atoms with E-state index in [1.165, 1.54) is 4.57 Å². The average molecular weight is 371 g/mol. The van der Waals surface area contributed by atoms with Gasteiger partial charge in [0, 0.05) is 15.5 Å². The summed E-state index contributed by atoms with van der Waals surface area (Å²) in [7, 11) is 0. The zero-order valence-corrected chi connectivity index (χ0v) is 12.4. The van der Waals surface area contributed by atoms with Gasteiger partial charge in [-0.2, -0.15) is 0 Å². The van der Waals surface area contributed by atoms with Crippen LogP contribution in [-0.2, 0) is 5.33 Å². The van der Waals surface area contributed by atoms with Crippen molar-refractivity contribution in [1.82, 2.24) is 4.57 Å². The molecule has 0 unspecified atom stereocenters. The van der Waals surface area contributed by atoms with Crippen molar-refractivity contribution < 1.29 is 4.79 Å². The predicted octanol–water partition coefficient (Wildman–Crippen LogP) is 3.31. The van der Waals surface area contributed by atoms with Crippen molar-refractivity contribution in [3.8, 4) is 5.69 Å². The molecule has 0 N–H and O–H groups in total. The van der Waals surface area contributed by atoms with Gasteiger partial charge in [-0.05, 0) is 34.1 Å². The second-order valence-electron chi connectivity index (χ2n) is 3.62. The first-order valence-electron chi connectivity index (χ1n) is 5.20. The van der Waals surface area contributed by atoms with Crippen molar-refractivity contribution in [1.29, 1.82) is 0 Å². The molecule has 0 amide bonds. The minimum Gasteiger partial charge on any atom is -0.298 e. The quantitative estimate of drug-likeness (QED) is 0.614. The molecule has 0 bridgehead atoms. The zero-order valence-electron chi connectivity index (χ0n) is 9.27. The third-order valence-electron chi connectivity index (χ3n) is 2.55. The SMILES string of the molecule is O=Cc1cc(Br)c(CBr)n(-c2ccccc2)c1=O. The molecule has 0 saturated carbocycles. The summed E-state index contributed by atoms with van der Waals surface area (Å²) in [6.07, 6.45) is 0.574. The number of hydrogen-bond donors (Lipinski definition) is 0. The maximum atomic E-state index is 12.2. The predicted molar refractivity (Wildman–Crippen MR) is 77.8 cm³/mol. The van der Waals surface area contributed by atoms with Gasteiger partial charge in [-0.25, -0.2) is 0 Å². The van der Waals surface area contributed by atoms with Crippen LogP contribution < -0.4 is 5.56 Å². The fraction of sp³-hybridized carbons (Fsp3) is 0.0769. The molecule has 0 aliphatic carbocycles. The van der Waals surface area contributed by atoms with Crippen LogP contribution in [0.15, 0.2) is 45.7 Å². The lowest BCUT2D eigenvalue weighted by Crippen LogP contribution is -2.25. The maximum Gasteiger partial charge on any atom is 0.265 e. The summed E-state index contributed by atoms with van der Waals surface area (Å²) < 4.78 is 2.26. The molecule has 0 aliphatic rings. The topological polar surface area (TPSA) is 39.1 Å². The molecule has 0 radical (unpaired) electrons. The first-order chi connectivity index (χ1) is 8.69. The molecule has 92 valence electrons. The van der Waals surface area contributed by atoms with Crippen molar-refractivity contribution in [2.45, 2.75) is 5.33 Å². The molecular formula is C13H9Br2NO2. The minimum atomic E-state index is -0.311. The monoisotopic (exact) mass is 369 g/mol. The van der Waals surface area contributed by atoms with Gasteiger partial charge in [-0.15, -0.1) is 0 Å². The number of carbonyl (C=O) groups excluding carboxylic acids is 1. The highest BCUT2D eigenvalue weighted by atomic mass is 79.9. The van der Waals surface area contributed by atoms with Crippen LogP contribution in [0.5, 0.6) is 0 Å².